The summed E-state index contributed by atoms with van der Waals surface area (Å²) in [5.41, 5.74) is 2.83. The minimum atomic E-state index is 0.829. The van der Waals surface area contributed by atoms with Gasteiger partial charge in [0.2, 0.25) is 0 Å². The lowest BCUT2D eigenvalue weighted by Gasteiger charge is -2.02. The van der Waals surface area contributed by atoms with E-state index in [0.717, 1.165) is 16.8 Å². The van der Waals surface area contributed by atoms with Gasteiger partial charge in [-0.15, -0.1) is 0 Å². The third-order valence-corrected chi connectivity index (χ3v) is 1.75. The van der Waals surface area contributed by atoms with Crippen LogP contribution in [0.1, 0.15) is 11.1 Å². The van der Waals surface area contributed by atoms with Gasteiger partial charge in [0.25, 0.3) is 0 Å². The summed E-state index contributed by atoms with van der Waals surface area (Å²) in [5.74, 6) is 0. The molecule has 0 aromatic heterocycles. The molecule has 0 heterocycles. The van der Waals surface area contributed by atoms with E-state index in [0.29, 0.717) is 0 Å². The Kier molecular flexibility index (Phi) is 3.15. The molecule has 0 aliphatic carbocycles. The van der Waals surface area contributed by atoms with Crippen molar-refractivity contribution in [2.24, 2.45) is 10.2 Å². The van der Waals surface area contributed by atoms with Crippen LogP contribution < -0.4 is 0 Å². The summed E-state index contributed by atoms with van der Waals surface area (Å²) in [6.07, 6.45) is 3.55. The van der Waals surface area contributed by atoms with Gasteiger partial charge in [-0.25, -0.2) is 0 Å². The van der Waals surface area contributed by atoms with Gasteiger partial charge in [-0.1, -0.05) is 37.4 Å². The molecule has 0 amide bonds. The number of azo groups is 1. The monoisotopic (exact) mass is 172 g/mol. The van der Waals surface area contributed by atoms with Gasteiger partial charge in [-0.05, 0) is 11.6 Å². The predicted octanol–water partition coefficient (Wildman–Crippen LogP) is 3.69. The fourth-order valence-electron chi connectivity index (χ4n) is 1.17. The van der Waals surface area contributed by atoms with Crippen molar-refractivity contribution in [3.8, 4) is 0 Å². The predicted molar refractivity (Wildman–Crippen MR) is 57.1 cm³/mol. The van der Waals surface area contributed by atoms with Gasteiger partial charge < -0.3 is 0 Å². The Morgan fingerprint density at radius 1 is 1.23 bits per heavy atom. The molecule has 0 aliphatic rings. The van der Waals surface area contributed by atoms with Crippen molar-refractivity contribution in [1.29, 1.82) is 0 Å². The van der Waals surface area contributed by atoms with Crippen LogP contribution in [0.15, 0.2) is 41.6 Å². The average Bonchev–Trinajstić information content (AvgIpc) is 2.18. The Bertz CT molecular complexity index is 351. The summed E-state index contributed by atoms with van der Waals surface area (Å²) in [4.78, 5) is 0. The van der Waals surface area contributed by atoms with Crippen LogP contribution in [0.25, 0.3) is 12.2 Å². The molecule has 0 atom stereocenters. The van der Waals surface area contributed by atoms with Crippen LogP contribution >= 0.6 is 0 Å². The summed E-state index contributed by atoms with van der Waals surface area (Å²) in [6.45, 7) is 7.45. The molecule has 0 bridgehead atoms. The minimum absolute atomic E-state index is 0.829. The van der Waals surface area contributed by atoms with Gasteiger partial charge in [0.1, 0.15) is 0 Å². The molecule has 1 aromatic rings. The molecule has 0 spiro atoms. The van der Waals surface area contributed by atoms with Gasteiger partial charge in [0.15, 0.2) is 0 Å². The highest BCUT2D eigenvalue weighted by molar-refractivity contribution is 5.72. The first kappa shape index (κ1) is 9.39. The topological polar surface area (TPSA) is 24.7 Å². The lowest BCUT2D eigenvalue weighted by Crippen LogP contribution is -1.79. The zero-order valence-corrected chi connectivity index (χ0v) is 7.70. The lowest BCUT2D eigenvalue weighted by molar-refractivity contribution is 1.16. The largest absolute Gasteiger partial charge is 0.192 e. The molecule has 13 heavy (non-hydrogen) atoms. The molecule has 2 nitrogen and oxygen atoms in total. The van der Waals surface area contributed by atoms with Gasteiger partial charge in [-0.2, -0.15) is 10.2 Å². The lowest BCUT2D eigenvalue weighted by atomic mass is 10.1. The third kappa shape index (κ3) is 1.90. The smallest absolute Gasteiger partial charge is 0.0930 e. The second kappa shape index (κ2) is 4.36. The van der Waals surface area contributed by atoms with E-state index in [9.17, 15) is 0 Å². The Balaban J connectivity index is 3.34. The van der Waals surface area contributed by atoms with Gasteiger partial charge in [-0.3, -0.25) is 0 Å². The van der Waals surface area contributed by atoms with E-state index in [4.69, 9.17) is 0 Å². The normalized spacial score (nSPS) is 10.2. The molecule has 66 valence electrons. The zero-order chi connectivity index (χ0) is 9.68. The highest BCUT2D eigenvalue weighted by atomic mass is 15.1. The molecule has 0 N–H and O–H groups in total. The van der Waals surface area contributed by atoms with E-state index >= 15 is 0 Å². The van der Waals surface area contributed by atoms with Gasteiger partial charge >= 0.3 is 0 Å². The first-order valence-corrected chi connectivity index (χ1v) is 4.01. The van der Waals surface area contributed by atoms with Crippen LogP contribution in [0.4, 0.5) is 5.69 Å². The van der Waals surface area contributed by atoms with Crippen LogP contribution in [0.3, 0.4) is 0 Å². The highest BCUT2D eigenvalue weighted by Crippen LogP contribution is 2.24. The summed E-state index contributed by atoms with van der Waals surface area (Å²) in [7, 11) is 1.65. The summed E-state index contributed by atoms with van der Waals surface area (Å²) < 4.78 is 0. The average molecular weight is 172 g/mol. The first-order valence-electron chi connectivity index (χ1n) is 4.01. The van der Waals surface area contributed by atoms with Gasteiger partial charge in [0.05, 0.1) is 5.69 Å². The number of rotatable bonds is 3. The van der Waals surface area contributed by atoms with Crippen LogP contribution in [0, 0.1) is 0 Å². The number of hydrogen-bond donors (Lipinski definition) is 0. The Morgan fingerprint density at radius 3 is 2.54 bits per heavy atom. The minimum Gasteiger partial charge on any atom is -0.192 e. The SMILES string of the molecule is C=Cc1cccc(N=NC)c1C=C. The van der Waals surface area contributed by atoms with Crippen molar-refractivity contribution in [2.45, 2.75) is 0 Å². The summed E-state index contributed by atoms with van der Waals surface area (Å²) >= 11 is 0. The van der Waals surface area contributed by atoms with Crippen molar-refractivity contribution in [3.63, 3.8) is 0 Å². The molecular formula is C11H12N2. The van der Waals surface area contributed by atoms with E-state index in [2.05, 4.69) is 23.4 Å². The van der Waals surface area contributed by atoms with Crippen LogP contribution in [0.5, 0.6) is 0 Å². The second-order valence-electron chi connectivity index (χ2n) is 2.49. The molecule has 0 unspecified atom stereocenters. The third-order valence-electron chi connectivity index (χ3n) is 1.75. The second-order valence-corrected chi connectivity index (χ2v) is 2.49. The molecule has 0 aliphatic heterocycles. The maximum absolute atomic E-state index is 3.99. The fourth-order valence-corrected chi connectivity index (χ4v) is 1.17. The molecule has 2 heteroatoms. The van der Waals surface area contributed by atoms with Crippen LogP contribution in [0.2, 0.25) is 0 Å². The van der Waals surface area contributed by atoms with Crippen molar-refractivity contribution >= 4 is 17.8 Å². The zero-order valence-electron chi connectivity index (χ0n) is 7.70. The van der Waals surface area contributed by atoms with E-state index in [1.54, 1.807) is 19.2 Å². The molecule has 0 saturated heterocycles. The molecular weight excluding hydrogens is 160 g/mol. The molecule has 0 saturated carbocycles. The molecule has 1 aromatic carbocycles. The highest BCUT2D eigenvalue weighted by Gasteiger charge is 2.00. The van der Waals surface area contributed by atoms with E-state index < -0.39 is 0 Å². The van der Waals surface area contributed by atoms with E-state index in [-0.39, 0.29) is 0 Å². The van der Waals surface area contributed by atoms with Crippen molar-refractivity contribution in [1.82, 2.24) is 0 Å². The van der Waals surface area contributed by atoms with Crippen molar-refractivity contribution in [3.05, 3.63) is 42.5 Å². The Hall–Kier alpha value is -1.70. The van der Waals surface area contributed by atoms with Crippen molar-refractivity contribution in [2.75, 3.05) is 7.05 Å². The van der Waals surface area contributed by atoms with E-state index in [1.165, 1.54) is 0 Å². The summed E-state index contributed by atoms with van der Waals surface area (Å²) in [6, 6.07) is 5.80. The quantitative estimate of drug-likeness (QED) is 0.621. The van der Waals surface area contributed by atoms with Gasteiger partial charge in [0, 0.05) is 12.6 Å². The van der Waals surface area contributed by atoms with Crippen LogP contribution in [-0.2, 0) is 0 Å². The maximum atomic E-state index is 3.99. The first-order chi connectivity index (χ1) is 6.33. The molecule has 0 radical (unpaired) electrons. The van der Waals surface area contributed by atoms with Crippen molar-refractivity contribution < 1.29 is 0 Å². The summed E-state index contributed by atoms with van der Waals surface area (Å²) in [5, 5.41) is 7.72. The fraction of sp³-hybridized carbons (Fsp3) is 0.0909. The molecule has 1 rings (SSSR count). The molecule has 0 fully saturated rings. The Morgan fingerprint density at radius 2 is 2.00 bits per heavy atom. The number of nitrogens with zero attached hydrogens (tertiary/aromatic N) is 2. The maximum Gasteiger partial charge on any atom is 0.0930 e. The van der Waals surface area contributed by atoms with E-state index in [1.807, 2.05) is 18.2 Å². The Labute approximate surface area is 78.3 Å². The number of hydrogen-bond acceptors (Lipinski definition) is 2. The number of benzene rings is 1. The standard InChI is InChI=1S/C11H12N2/c1-4-9-7-6-8-11(13-12-3)10(9)5-2/h4-8H,1-2H2,3H3. The van der Waals surface area contributed by atoms with Crippen LogP contribution in [-0.4, -0.2) is 7.05 Å².